The monoisotopic (exact) mass is 221 g/mol. The van der Waals surface area contributed by atoms with Crippen LogP contribution in [0.25, 0.3) is 0 Å². The van der Waals surface area contributed by atoms with Crippen molar-refractivity contribution >= 4 is 10.0 Å². The van der Waals surface area contributed by atoms with Crippen LogP contribution in [0.1, 0.15) is 32.1 Å². The summed E-state index contributed by atoms with van der Waals surface area (Å²) >= 11 is 0. The van der Waals surface area contributed by atoms with Crippen LogP contribution in [0.15, 0.2) is 0 Å². The van der Waals surface area contributed by atoms with Crippen molar-refractivity contribution in [3.8, 4) is 0 Å². The maximum absolute atomic E-state index is 10.9. The van der Waals surface area contributed by atoms with Gasteiger partial charge in [-0.2, -0.15) is 0 Å². The second-order valence-corrected chi connectivity index (χ2v) is 6.15. The van der Waals surface area contributed by atoms with Gasteiger partial charge in [-0.25, -0.2) is 13.1 Å². The zero-order chi connectivity index (χ0) is 10.7. The second-order valence-electron chi connectivity index (χ2n) is 4.31. The summed E-state index contributed by atoms with van der Waals surface area (Å²) in [6.07, 6.45) is 6.37. The van der Waals surface area contributed by atoms with Gasteiger partial charge in [-0.1, -0.05) is 19.3 Å². The lowest BCUT2D eigenvalue weighted by Crippen LogP contribution is -2.41. The highest BCUT2D eigenvalue weighted by Crippen LogP contribution is 2.35. The lowest BCUT2D eigenvalue weighted by molar-refractivity contribution is 0.0868. The Morgan fingerprint density at radius 1 is 1.29 bits per heavy atom. The average Bonchev–Trinajstić information content (AvgIpc) is 2.15. The highest BCUT2D eigenvalue weighted by Gasteiger charge is 2.31. The molecular weight excluding hydrogens is 202 g/mol. The maximum atomic E-state index is 10.9. The zero-order valence-corrected chi connectivity index (χ0v) is 9.44. The van der Waals surface area contributed by atoms with E-state index in [0.717, 1.165) is 31.9 Å². The molecule has 1 fully saturated rings. The van der Waals surface area contributed by atoms with E-state index in [1.54, 1.807) is 0 Å². The van der Waals surface area contributed by atoms with Gasteiger partial charge in [0.2, 0.25) is 10.0 Å². The zero-order valence-electron chi connectivity index (χ0n) is 8.62. The van der Waals surface area contributed by atoms with Crippen molar-refractivity contribution in [3.05, 3.63) is 0 Å². The largest absolute Gasteiger partial charge is 0.396 e. The van der Waals surface area contributed by atoms with Gasteiger partial charge in [0.15, 0.2) is 0 Å². The van der Waals surface area contributed by atoms with E-state index in [0.29, 0.717) is 6.54 Å². The van der Waals surface area contributed by atoms with Gasteiger partial charge < -0.3 is 5.11 Å². The molecule has 0 aromatic carbocycles. The minimum absolute atomic E-state index is 0.0789. The van der Waals surface area contributed by atoms with E-state index in [1.807, 2.05) is 0 Å². The third-order valence-electron chi connectivity index (χ3n) is 2.96. The van der Waals surface area contributed by atoms with Crippen LogP contribution in [-0.4, -0.2) is 32.9 Å². The number of rotatable bonds is 4. The van der Waals surface area contributed by atoms with Gasteiger partial charge in [0.25, 0.3) is 0 Å². The van der Waals surface area contributed by atoms with Crippen LogP contribution in [0, 0.1) is 5.41 Å². The first kappa shape index (κ1) is 11.9. The SMILES string of the molecule is CS(=O)(=O)NCC1(CO)CCCCC1. The normalized spacial score (nSPS) is 22.1. The Kier molecular flexibility index (Phi) is 3.92. The summed E-state index contributed by atoms with van der Waals surface area (Å²) in [5.74, 6) is 0. The van der Waals surface area contributed by atoms with Crippen molar-refractivity contribution in [3.63, 3.8) is 0 Å². The molecule has 84 valence electrons. The van der Waals surface area contributed by atoms with E-state index in [2.05, 4.69) is 4.72 Å². The molecule has 0 saturated heterocycles. The number of nitrogens with one attached hydrogen (secondary N) is 1. The lowest BCUT2D eigenvalue weighted by Gasteiger charge is -2.35. The standard InChI is InChI=1S/C9H19NO3S/c1-14(12,13)10-7-9(8-11)5-3-2-4-6-9/h10-11H,2-8H2,1H3. The molecule has 5 heteroatoms. The predicted octanol–water partition coefficient (Wildman–Crippen LogP) is 0.478. The third-order valence-corrected chi connectivity index (χ3v) is 3.63. The Morgan fingerprint density at radius 2 is 1.86 bits per heavy atom. The Hall–Kier alpha value is -0.130. The van der Waals surface area contributed by atoms with Gasteiger partial charge in [0.1, 0.15) is 0 Å². The topological polar surface area (TPSA) is 66.4 Å². The van der Waals surface area contributed by atoms with Gasteiger partial charge in [0.05, 0.1) is 6.26 Å². The molecule has 0 bridgehead atoms. The Morgan fingerprint density at radius 3 is 2.29 bits per heavy atom. The molecule has 1 rings (SSSR count). The van der Waals surface area contributed by atoms with E-state index in [-0.39, 0.29) is 12.0 Å². The van der Waals surface area contributed by atoms with Crippen LogP contribution in [0.2, 0.25) is 0 Å². The van der Waals surface area contributed by atoms with Crippen LogP contribution in [0.4, 0.5) is 0 Å². The quantitative estimate of drug-likeness (QED) is 0.725. The molecular formula is C9H19NO3S. The summed E-state index contributed by atoms with van der Waals surface area (Å²) in [5.41, 5.74) is -0.207. The Bertz CT molecular complexity index is 268. The number of sulfonamides is 1. The molecule has 2 N–H and O–H groups in total. The summed E-state index contributed by atoms with van der Waals surface area (Å²) in [6, 6.07) is 0. The lowest BCUT2D eigenvalue weighted by atomic mass is 9.75. The van der Waals surface area contributed by atoms with E-state index >= 15 is 0 Å². The van der Waals surface area contributed by atoms with E-state index < -0.39 is 10.0 Å². The molecule has 0 aromatic heterocycles. The molecule has 4 nitrogen and oxygen atoms in total. The number of aliphatic hydroxyl groups is 1. The first-order valence-electron chi connectivity index (χ1n) is 5.03. The number of aliphatic hydroxyl groups excluding tert-OH is 1. The molecule has 0 radical (unpaired) electrons. The highest BCUT2D eigenvalue weighted by atomic mass is 32.2. The summed E-state index contributed by atoms with van der Waals surface area (Å²) in [7, 11) is -3.13. The van der Waals surface area contributed by atoms with Crippen LogP contribution in [0.3, 0.4) is 0 Å². The van der Waals surface area contributed by atoms with Crippen LogP contribution < -0.4 is 4.72 Å². The van der Waals surface area contributed by atoms with Gasteiger partial charge in [-0.15, -0.1) is 0 Å². The molecule has 1 saturated carbocycles. The summed E-state index contributed by atoms with van der Waals surface area (Å²) in [4.78, 5) is 0. The van der Waals surface area contributed by atoms with Gasteiger partial charge in [-0.3, -0.25) is 0 Å². The molecule has 1 aliphatic rings. The minimum Gasteiger partial charge on any atom is -0.396 e. The van der Waals surface area contributed by atoms with Crippen LogP contribution in [0.5, 0.6) is 0 Å². The van der Waals surface area contributed by atoms with Crippen molar-refractivity contribution in [2.45, 2.75) is 32.1 Å². The van der Waals surface area contributed by atoms with E-state index in [4.69, 9.17) is 0 Å². The molecule has 0 aliphatic heterocycles. The molecule has 0 atom stereocenters. The summed E-state index contributed by atoms with van der Waals surface area (Å²) in [5, 5.41) is 9.30. The fraction of sp³-hybridized carbons (Fsp3) is 1.00. The van der Waals surface area contributed by atoms with E-state index in [9.17, 15) is 13.5 Å². The smallest absolute Gasteiger partial charge is 0.208 e. The van der Waals surface area contributed by atoms with Crippen molar-refractivity contribution in [1.82, 2.24) is 4.72 Å². The van der Waals surface area contributed by atoms with Crippen molar-refractivity contribution < 1.29 is 13.5 Å². The number of hydrogen-bond donors (Lipinski definition) is 2. The highest BCUT2D eigenvalue weighted by molar-refractivity contribution is 7.88. The molecule has 0 spiro atoms. The minimum atomic E-state index is -3.13. The third kappa shape index (κ3) is 3.55. The second kappa shape index (κ2) is 4.59. The fourth-order valence-electron chi connectivity index (χ4n) is 1.98. The fourth-order valence-corrected chi connectivity index (χ4v) is 2.55. The maximum Gasteiger partial charge on any atom is 0.208 e. The van der Waals surface area contributed by atoms with Gasteiger partial charge in [0, 0.05) is 18.6 Å². The van der Waals surface area contributed by atoms with E-state index in [1.165, 1.54) is 6.42 Å². The van der Waals surface area contributed by atoms with Gasteiger partial charge in [-0.05, 0) is 12.8 Å². The molecule has 14 heavy (non-hydrogen) atoms. The molecule has 0 unspecified atom stereocenters. The molecule has 0 amide bonds. The molecule has 0 aromatic rings. The Labute approximate surface area is 85.8 Å². The first-order valence-corrected chi connectivity index (χ1v) is 6.92. The van der Waals surface area contributed by atoms with Gasteiger partial charge >= 0.3 is 0 Å². The average molecular weight is 221 g/mol. The molecule has 0 heterocycles. The summed E-state index contributed by atoms with van der Waals surface area (Å²) < 4.78 is 24.4. The number of hydrogen-bond acceptors (Lipinski definition) is 3. The van der Waals surface area contributed by atoms with Crippen molar-refractivity contribution in [2.24, 2.45) is 5.41 Å². The van der Waals surface area contributed by atoms with Crippen LogP contribution in [-0.2, 0) is 10.0 Å². The van der Waals surface area contributed by atoms with Crippen molar-refractivity contribution in [1.29, 1.82) is 0 Å². The predicted molar refractivity (Wildman–Crippen MR) is 55.5 cm³/mol. The first-order chi connectivity index (χ1) is 6.47. The summed E-state index contributed by atoms with van der Waals surface area (Å²) in [6.45, 7) is 0.456. The molecule has 1 aliphatic carbocycles. The Balaban J connectivity index is 2.52. The van der Waals surface area contributed by atoms with Crippen LogP contribution >= 0.6 is 0 Å². The van der Waals surface area contributed by atoms with Crippen molar-refractivity contribution in [2.75, 3.05) is 19.4 Å².